The van der Waals surface area contributed by atoms with Crippen molar-refractivity contribution in [1.29, 1.82) is 0 Å². The number of carbonyl (C=O) groups excluding carboxylic acids is 1. The summed E-state index contributed by atoms with van der Waals surface area (Å²) < 4.78 is 0. The van der Waals surface area contributed by atoms with Crippen LogP contribution in [0.2, 0.25) is 0 Å². The number of carbonyl (C=O) groups is 1. The zero-order valence-electron chi connectivity index (χ0n) is 13.6. The average Bonchev–Trinajstić information content (AvgIpc) is 2.53. The van der Waals surface area contributed by atoms with Gasteiger partial charge in [0.1, 0.15) is 0 Å². The molecule has 1 aliphatic rings. The molecule has 122 valence electrons. The van der Waals surface area contributed by atoms with Crippen molar-refractivity contribution in [3.05, 3.63) is 18.0 Å². The first-order valence-corrected chi connectivity index (χ1v) is 8.16. The van der Waals surface area contributed by atoms with Crippen molar-refractivity contribution in [1.82, 2.24) is 20.2 Å². The predicted molar refractivity (Wildman–Crippen MR) is 88.0 cm³/mol. The molecule has 2 N–H and O–H groups in total. The van der Waals surface area contributed by atoms with Crippen molar-refractivity contribution in [3.63, 3.8) is 0 Å². The third kappa shape index (κ3) is 5.60. The molecule has 1 fully saturated rings. The van der Waals surface area contributed by atoms with Gasteiger partial charge in [-0.15, -0.1) is 0 Å². The van der Waals surface area contributed by atoms with Crippen LogP contribution < -0.4 is 10.6 Å². The summed E-state index contributed by atoms with van der Waals surface area (Å²) in [6.45, 7) is 1.85. The summed E-state index contributed by atoms with van der Waals surface area (Å²) in [7, 11) is 4.10. The Morgan fingerprint density at radius 2 is 1.91 bits per heavy atom. The van der Waals surface area contributed by atoms with Crippen molar-refractivity contribution in [2.24, 2.45) is 0 Å². The van der Waals surface area contributed by atoms with Gasteiger partial charge in [-0.25, -0.2) is 9.97 Å². The van der Waals surface area contributed by atoms with E-state index in [1.165, 1.54) is 19.3 Å². The van der Waals surface area contributed by atoms with Crippen LogP contribution in [-0.4, -0.2) is 54.0 Å². The number of amides is 1. The van der Waals surface area contributed by atoms with E-state index in [1.54, 1.807) is 12.4 Å². The molecule has 0 bridgehead atoms. The van der Waals surface area contributed by atoms with Crippen LogP contribution in [0.15, 0.2) is 12.4 Å². The minimum Gasteiger partial charge on any atom is -0.354 e. The number of nitrogens with one attached hydrogen (secondary N) is 2. The average molecular weight is 305 g/mol. The van der Waals surface area contributed by atoms with Gasteiger partial charge in [-0.05, 0) is 39.9 Å². The summed E-state index contributed by atoms with van der Waals surface area (Å²) >= 11 is 0. The van der Waals surface area contributed by atoms with Crippen LogP contribution in [0.1, 0.15) is 48.9 Å². The second-order valence-corrected chi connectivity index (χ2v) is 6.19. The van der Waals surface area contributed by atoms with E-state index < -0.39 is 0 Å². The predicted octanol–water partition coefficient (Wildman–Crippen LogP) is 1.90. The largest absolute Gasteiger partial charge is 0.354 e. The Hall–Kier alpha value is -1.69. The van der Waals surface area contributed by atoms with Crippen molar-refractivity contribution in [2.75, 3.05) is 32.5 Å². The summed E-state index contributed by atoms with van der Waals surface area (Å²) in [6, 6.07) is 0.310. The maximum absolute atomic E-state index is 12.1. The van der Waals surface area contributed by atoms with Gasteiger partial charge in [0.25, 0.3) is 5.91 Å². The lowest BCUT2D eigenvalue weighted by molar-refractivity contribution is 0.0927. The Bertz CT molecular complexity index is 454. The van der Waals surface area contributed by atoms with Crippen molar-refractivity contribution in [3.8, 4) is 0 Å². The van der Waals surface area contributed by atoms with Gasteiger partial charge < -0.3 is 15.5 Å². The molecule has 0 aliphatic heterocycles. The summed E-state index contributed by atoms with van der Waals surface area (Å²) in [5.41, 5.74) is 0.532. The molecule has 0 radical (unpaired) electrons. The molecule has 0 atom stereocenters. The van der Waals surface area contributed by atoms with E-state index in [0.717, 1.165) is 32.4 Å². The summed E-state index contributed by atoms with van der Waals surface area (Å²) in [5.74, 6) is 0.513. The Balaban J connectivity index is 1.76. The van der Waals surface area contributed by atoms with Crippen LogP contribution in [0.5, 0.6) is 0 Å². The Morgan fingerprint density at radius 3 is 2.55 bits per heavy atom. The monoisotopic (exact) mass is 305 g/mol. The summed E-state index contributed by atoms with van der Waals surface area (Å²) in [5, 5.41) is 6.24. The normalized spacial score (nSPS) is 15.8. The first-order valence-electron chi connectivity index (χ1n) is 8.16. The standard InChI is InChI=1S/C16H27N5O/c1-21(2)10-6-9-17-16-18-11-13(12-19-16)15(22)20-14-7-4-3-5-8-14/h11-12,14H,3-10H2,1-2H3,(H,20,22)(H,17,18,19). The molecule has 0 spiro atoms. The Labute approximate surface area is 132 Å². The van der Waals surface area contributed by atoms with Crippen LogP contribution in [0.3, 0.4) is 0 Å². The molecule has 1 aromatic heterocycles. The fourth-order valence-electron chi connectivity index (χ4n) is 2.65. The fourth-order valence-corrected chi connectivity index (χ4v) is 2.65. The van der Waals surface area contributed by atoms with Gasteiger partial charge in [0.15, 0.2) is 0 Å². The SMILES string of the molecule is CN(C)CCCNc1ncc(C(=O)NC2CCCCC2)cn1. The molecular weight excluding hydrogens is 278 g/mol. The van der Waals surface area contributed by atoms with E-state index in [-0.39, 0.29) is 5.91 Å². The van der Waals surface area contributed by atoms with Crippen molar-refractivity contribution < 1.29 is 4.79 Å². The lowest BCUT2D eigenvalue weighted by Crippen LogP contribution is -2.36. The molecule has 1 saturated carbocycles. The molecule has 1 amide bonds. The van der Waals surface area contributed by atoms with E-state index >= 15 is 0 Å². The molecule has 0 unspecified atom stereocenters. The van der Waals surface area contributed by atoms with Crippen LogP contribution in [0.25, 0.3) is 0 Å². The van der Waals surface area contributed by atoms with Crippen molar-refractivity contribution >= 4 is 11.9 Å². The zero-order chi connectivity index (χ0) is 15.8. The smallest absolute Gasteiger partial charge is 0.254 e. The quantitative estimate of drug-likeness (QED) is 0.753. The molecular formula is C16H27N5O. The zero-order valence-corrected chi connectivity index (χ0v) is 13.6. The third-order valence-electron chi connectivity index (χ3n) is 3.92. The molecule has 0 aromatic carbocycles. The second kappa shape index (κ2) is 8.68. The van der Waals surface area contributed by atoms with Gasteiger partial charge in [0.2, 0.25) is 5.95 Å². The highest BCUT2D eigenvalue weighted by Gasteiger charge is 2.17. The maximum atomic E-state index is 12.1. The van der Waals surface area contributed by atoms with Crippen LogP contribution in [0, 0.1) is 0 Å². The first-order chi connectivity index (χ1) is 10.6. The van der Waals surface area contributed by atoms with Gasteiger partial charge in [0.05, 0.1) is 5.56 Å². The topological polar surface area (TPSA) is 70.2 Å². The number of hydrogen-bond donors (Lipinski definition) is 2. The van der Waals surface area contributed by atoms with Gasteiger partial charge in [0, 0.05) is 25.0 Å². The van der Waals surface area contributed by atoms with Gasteiger partial charge in [-0.2, -0.15) is 0 Å². The minimum atomic E-state index is -0.0638. The molecule has 1 heterocycles. The van der Waals surface area contributed by atoms with E-state index in [4.69, 9.17) is 0 Å². The minimum absolute atomic E-state index is 0.0638. The summed E-state index contributed by atoms with van der Waals surface area (Å²) in [4.78, 5) is 22.7. The highest BCUT2D eigenvalue weighted by molar-refractivity contribution is 5.93. The maximum Gasteiger partial charge on any atom is 0.254 e. The van der Waals surface area contributed by atoms with Crippen LogP contribution >= 0.6 is 0 Å². The number of nitrogens with zero attached hydrogens (tertiary/aromatic N) is 3. The highest BCUT2D eigenvalue weighted by atomic mass is 16.1. The third-order valence-corrected chi connectivity index (χ3v) is 3.92. The van der Waals surface area contributed by atoms with E-state index in [0.29, 0.717) is 17.6 Å². The number of anilines is 1. The molecule has 22 heavy (non-hydrogen) atoms. The van der Waals surface area contributed by atoms with Crippen molar-refractivity contribution in [2.45, 2.75) is 44.6 Å². The number of aromatic nitrogens is 2. The number of hydrogen-bond acceptors (Lipinski definition) is 5. The van der Waals surface area contributed by atoms with E-state index in [1.807, 2.05) is 0 Å². The molecule has 0 saturated heterocycles. The van der Waals surface area contributed by atoms with Crippen LogP contribution in [0.4, 0.5) is 5.95 Å². The second-order valence-electron chi connectivity index (χ2n) is 6.19. The molecule has 1 aliphatic carbocycles. The lowest BCUT2D eigenvalue weighted by atomic mass is 9.95. The Kier molecular flexibility index (Phi) is 6.58. The molecule has 2 rings (SSSR count). The first kappa shape index (κ1) is 16.7. The van der Waals surface area contributed by atoms with E-state index in [2.05, 4.69) is 39.6 Å². The van der Waals surface area contributed by atoms with Gasteiger partial charge >= 0.3 is 0 Å². The summed E-state index contributed by atoms with van der Waals surface area (Å²) in [6.07, 6.45) is 10.1. The number of rotatable bonds is 7. The fraction of sp³-hybridized carbons (Fsp3) is 0.688. The highest BCUT2D eigenvalue weighted by Crippen LogP contribution is 2.17. The molecule has 1 aromatic rings. The Morgan fingerprint density at radius 1 is 1.23 bits per heavy atom. The van der Waals surface area contributed by atoms with Crippen LogP contribution in [-0.2, 0) is 0 Å². The molecule has 6 heteroatoms. The van der Waals surface area contributed by atoms with E-state index in [9.17, 15) is 4.79 Å². The molecule has 6 nitrogen and oxygen atoms in total. The van der Waals surface area contributed by atoms with Gasteiger partial charge in [-0.3, -0.25) is 4.79 Å². The lowest BCUT2D eigenvalue weighted by Gasteiger charge is -2.22. The van der Waals surface area contributed by atoms with Gasteiger partial charge in [-0.1, -0.05) is 19.3 Å².